The van der Waals surface area contributed by atoms with Crippen LogP contribution < -0.4 is 11.5 Å². The Bertz CT molecular complexity index is 148. The van der Waals surface area contributed by atoms with Crippen molar-refractivity contribution in [3.8, 4) is 0 Å². The monoisotopic (exact) mass is 131 g/mol. The number of carbonyl (C=O) groups excluding carboxylic acids is 2. The number of hydrogen-bond donors (Lipinski definition) is 2. The fraction of sp³-hybridized carbons (Fsp3) is 0. The first-order valence-electron chi connectivity index (χ1n) is 1.92. The fourth-order valence-electron chi connectivity index (χ4n) is 0.119. The summed E-state index contributed by atoms with van der Waals surface area (Å²) in [5.41, 5.74) is 9.46. The molecule has 0 amide bonds. The van der Waals surface area contributed by atoms with E-state index < -0.39 is 11.9 Å². The van der Waals surface area contributed by atoms with Gasteiger partial charge in [-0.1, -0.05) is 0 Å². The molecule has 0 aliphatic rings. The van der Waals surface area contributed by atoms with Gasteiger partial charge in [0.2, 0.25) is 12.2 Å². The van der Waals surface area contributed by atoms with Gasteiger partial charge in [0.25, 0.3) is 0 Å². The lowest BCUT2D eigenvalue weighted by molar-refractivity contribution is -0.148. The van der Waals surface area contributed by atoms with Gasteiger partial charge in [-0.05, 0) is 5.16 Å². The molecule has 0 fully saturated rings. The molecule has 6 nitrogen and oxygen atoms in total. The van der Waals surface area contributed by atoms with Gasteiger partial charge in [-0.2, -0.15) is 0 Å². The molecule has 0 aliphatic carbocycles. The van der Waals surface area contributed by atoms with Gasteiger partial charge < -0.3 is 16.3 Å². The summed E-state index contributed by atoms with van der Waals surface area (Å²) in [6.45, 7) is 0. The second-order valence-electron chi connectivity index (χ2n) is 1.04. The van der Waals surface area contributed by atoms with Crippen molar-refractivity contribution in [1.82, 2.24) is 0 Å². The Morgan fingerprint density at radius 1 is 1.56 bits per heavy atom. The molecular weight excluding hydrogens is 126 g/mol. The molecule has 0 spiro atoms. The van der Waals surface area contributed by atoms with Crippen LogP contribution in [0.2, 0.25) is 0 Å². The predicted octanol–water partition coefficient (Wildman–Crippen LogP) is -2.08. The van der Waals surface area contributed by atoms with Crippen molar-refractivity contribution in [2.75, 3.05) is 0 Å². The van der Waals surface area contributed by atoms with E-state index >= 15 is 0 Å². The van der Waals surface area contributed by atoms with Crippen molar-refractivity contribution in [1.29, 1.82) is 0 Å². The molecule has 0 unspecified atom stereocenters. The Morgan fingerprint density at radius 3 is 2.44 bits per heavy atom. The average molecular weight is 131 g/mol. The zero-order chi connectivity index (χ0) is 7.28. The molecule has 0 aromatic rings. The Labute approximate surface area is 50.4 Å². The summed E-state index contributed by atoms with van der Waals surface area (Å²) in [6, 6.07) is 0. The van der Waals surface area contributed by atoms with Gasteiger partial charge in [0.05, 0.1) is 0 Å². The van der Waals surface area contributed by atoms with Crippen LogP contribution in [0, 0.1) is 0 Å². The van der Waals surface area contributed by atoms with Crippen molar-refractivity contribution in [3.05, 3.63) is 0 Å². The second-order valence-corrected chi connectivity index (χ2v) is 1.04. The molecule has 9 heavy (non-hydrogen) atoms. The molecule has 0 bridgehead atoms. The maximum absolute atomic E-state index is 9.91. The number of carbonyl (C=O) groups is 2. The molecule has 0 heterocycles. The molecule has 6 heteroatoms. The van der Waals surface area contributed by atoms with E-state index in [0.717, 1.165) is 0 Å². The van der Waals surface area contributed by atoms with Crippen LogP contribution in [0.4, 0.5) is 0 Å². The fourth-order valence-corrected chi connectivity index (χ4v) is 0.119. The van der Waals surface area contributed by atoms with Gasteiger partial charge in [0.15, 0.2) is 0 Å². The first kappa shape index (κ1) is 7.41. The van der Waals surface area contributed by atoms with Crippen molar-refractivity contribution in [2.45, 2.75) is 0 Å². The number of rotatable bonds is 2. The van der Waals surface area contributed by atoms with Crippen molar-refractivity contribution in [2.24, 2.45) is 16.6 Å². The first-order chi connectivity index (χ1) is 4.16. The Hall–Kier alpha value is -1.59. The quantitative estimate of drug-likeness (QED) is 0.112. The zero-order valence-corrected chi connectivity index (χ0v) is 4.40. The van der Waals surface area contributed by atoms with E-state index in [0.29, 0.717) is 0 Å². The van der Waals surface area contributed by atoms with E-state index in [1.54, 1.807) is 0 Å². The van der Waals surface area contributed by atoms with Gasteiger partial charge in [0, 0.05) is 0 Å². The predicted molar refractivity (Wildman–Crippen MR) is 28.0 cm³/mol. The molecule has 0 atom stereocenters. The topological polar surface area (TPSA) is 108 Å². The van der Waals surface area contributed by atoms with E-state index in [4.69, 9.17) is 11.5 Å². The van der Waals surface area contributed by atoms with E-state index in [1.165, 1.54) is 0 Å². The number of nitrogens with two attached hydrogens (primary N) is 2. The van der Waals surface area contributed by atoms with Gasteiger partial charge in [0.1, 0.15) is 0 Å². The maximum atomic E-state index is 9.91. The summed E-state index contributed by atoms with van der Waals surface area (Å²) in [7, 11) is 0. The molecule has 0 saturated carbocycles. The lowest BCUT2D eigenvalue weighted by atomic mass is 10.8. The van der Waals surface area contributed by atoms with Gasteiger partial charge in [-0.3, -0.25) is 4.79 Å². The molecular formula is C3H5N3O3. The van der Waals surface area contributed by atoms with Gasteiger partial charge in [-0.15, -0.1) is 0 Å². The van der Waals surface area contributed by atoms with E-state index in [2.05, 4.69) is 9.99 Å². The van der Waals surface area contributed by atoms with Crippen LogP contribution in [-0.4, -0.2) is 18.2 Å². The number of guanidine groups is 1. The summed E-state index contributed by atoms with van der Waals surface area (Å²) < 4.78 is 0. The van der Waals surface area contributed by atoms with Gasteiger partial charge >= 0.3 is 5.97 Å². The highest BCUT2D eigenvalue weighted by Crippen LogP contribution is 1.71. The van der Waals surface area contributed by atoms with E-state index in [1.807, 2.05) is 0 Å². The van der Waals surface area contributed by atoms with Crippen molar-refractivity contribution < 1.29 is 14.4 Å². The first-order valence-corrected chi connectivity index (χ1v) is 1.92. The molecule has 0 saturated heterocycles. The van der Waals surface area contributed by atoms with Crippen LogP contribution in [0.25, 0.3) is 0 Å². The normalized spacial score (nSPS) is 7.56. The summed E-state index contributed by atoms with van der Waals surface area (Å²) in [4.78, 5) is 23.2. The molecule has 0 radical (unpaired) electrons. The highest BCUT2D eigenvalue weighted by Gasteiger charge is 1.95. The molecule has 4 N–H and O–H groups in total. The lowest BCUT2D eigenvalue weighted by Gasteiger charge is -1.87. The molecule has 50 valence electrons. The molecule has 0 aliphatic heterocycles. The largest absolute Gasteiger partial charge is 0.398 e. The standard InChI is InChI=1S/C3H5N3O3/c4-3(5)6-9-2(8)1-7/h1H,(H4,4,5,6). The molecule has 0 aromatic heterocycles. The SMILES string of the molecule is NC(N)=NOC(=O)C=O. The van der Waals surface area contributed by atoms with Crippen molar-refractivity contribution >= 4 is 18.2 Å². The number of nitrogens with zero attached hydrogens (tertiary/aromatic N) is 1. The summed E-state index contributed by atoms with van der Waals surface area (Å²) in [5.74, 6) is -1.55. The smallest absolute Gasteiger partial charge is 0.367 e. The van der Waals surface area contributed by atoms with E-state index in [9.17, 15) is 9.59 Å². The summed E-state index contributed by atoms with van der Waals surface area (Å²) >= 11 is 0. The van der Waals surface area contributed by atoms with E-state index in [-0.39, 0.29) is 6.29 Å². The number of aldehydes is 1. The minimum absolute atomic E-state index is 0.0492. The Morgan fingerprint density at radius 2 is 2.11 bits per heavy atom. The zero-order valence-electron chi connectivity index (χ0n) is 4.40. The van der Waals surface area contributed by atoms with Crippen molar-refractivity contribution in [3.63, 3.8) is 0 Å². The van der Waals surface area contributed by atoms with Gasteiger partial charge in [-0.25, -0.2) is 4.79 Å². The Balaban J connectivity index is 3.63. The van der Waals surface area contributed by atoms with Crippen LogP contribution in [-0.2, 0) is 14.4 Å². The van der Waals surface area contributed by atoms with Crippen LogP contribution in [0.15, 0.2) is 5.16 Å². The number of hydrogen-bond acceptors (Lipinski definition) is 4. The summed E-state index contributed by atoms with van der Waals surface area (Å²) in [6.07, 6.45) is -0.0492. The van der Waals surface area contributed by atoms with Crippen LogP contribution in [0.3, 0.4) is 0 Å². The average Bonchev–Trinajstić information content (AvgIpc) is 1.83. The third-order valence-electron chi connectivity index (χ3n) is 0.337. The summed E-state index contributed by atoms with van der Waals surface area (Å²) in [5, 5.41) is 2.79. The molecule has 0 aromatic carbocycles. The van der Waals surface area contributed by atoms with Crippen LogP contribution in [0.5, 0.6) is 0 Å². The van der Waals surface area contributed by atoms with Crippen LogP contribution in [0.1, 0.15) is 0 Å². The second kappa shape index (κ2) is 3.42. The third kappa shape index (κ3) is 4.26. The third-order valence-corrected chi connectivity index (χ3v) is 0.337. The maximum Gasteiger partial charge on any atom is 0.398 e. The lowest BCUT2D eigenvalue weighted by Crippen LogP contribution is -2.23. The minimum atomic E-state index is -1.14. The number of oxime groups is 1. The Kier molecular flexibility index (Phi) is 2.81. The van der Waals surface area contributed by atoms with Crippen LogP contribution >= 0.6 is 0 Å². The highest BCUT2D eigenvalue weighted by atomic mass is 16.7. The molecule has 0 rings (SSSR count). The minimum Gasteiger partial charge on any atom is -0.367 e. The highest BCUT2D eigenvalue weighted by molar-refractivity contribution is 6.20.